The lowest BCUT2D eigenvalue weighted by Crippen LogP contribution is -2.52. The molecule has 0 bridgehead atoms. The highest BCUT2D eigenvalue weighted by molar-refractivity contribution is 5.74. The minimum Gasteiger partial charge on any atom is -0.439 e. The molecule has 1 fully saturated rings. The van der Waals surface area contributed by atoms with Gasteiger partial charge in [-0.1, -0.05) is 6.42 Å². The van der Waals surface area contributed by atoms with E-state index in [-0.39, 0.29) is 11.9 Å². The lowest BCUT2D eigenvalue weighted by molar-refractivity contribution is -0.167. The summed E-state index contributed by atoms with van der Waals surface area (Å²) in [7, 11) is 0. The number of hydrogen-bond acceptors (Lipinski definition) is 3. The van der Waals surface area contributed by atoms with Crippen LogP contribution in [0.5, 0.6) is 0 Å². The van der Waals surface area contributed by atoms with E-state index in [0.29, 0.717) is 0 Å². The molecule has 1 amide bonds. The Morgan fingerprint density at radius 3 is 2.14 bits per heavy atom. The molecule has 1 saturated carbocycles. The largest absolute Gasteiger partial charge is 0.439 e. The summed E-state index contributed by atoms with van der Waals surface area (Å²) >= 11 is 0. The number of amides is 1. The first kappa shape index (κ1) is 11.0. The molecule has 0 aromatic carbocycles. The second-order valence-corrected chi connectivity index (χ2v) is 3.83. The van der Waals surface area contributed by atoms with E-state index in [4.69, 9.17) is 4.74 Å². The van der Waals surface area contributed by atoms with Gasteiger partial charge in [0.1, 0.15) is 0 Å². The third-order valence-electron chi connectivity index (χ3n) is 2.40. The van der Waals surface area contributed by atoms with Crippen LogP contribution in [-0.2, 0) is 14.3 Å². The first-order valence-electron chi connectivity index (χ1n) is 5.02. The van der Waals surface area contributed by atoms with Crippen LogP contribution in [-0.4, -0.2) is 17.6 Å². The fourth-order valence-corrected chi connectivity index (χ4v) is 1.97. The van der Waals surface area contributed by atoms with Crippen molar-refractivity contribution < 1.29 is 14.3 Å². The zero-order valence-corrected chi connectivity index (χ0v) is 8.76. The van der Waals surface area contributed by atoms with Crippen molar-refractivity contribution in [3.05, 3.63) is 0 Å². The van der Waals surface area contributed by atoms with E-state index in [1.807, 2.05) is 0 Å². The van der Waals surface area contributed by atoms with E-state index in [1.54, 1.807) is 0 Å². The maximum absolute atomic E-state index is 11.0. The smallest absolute Gasteiger partial charge is 0.304 e. The topological polar surface area (TPSA) is 55.4 Å². The van der Waals surface area contributed by atoms with Gasteiger partial charge in [-0.3, -0.25) is 9.59 Å². The Labute approximate surface area is 84.0 Å². The van der Waals surface area contributed by atoms with Crippen molar-refractivity contribution in [1.29, 1.82) is 0 Å². The van der Waals surface area contributed by atoms with Crippen LogP contribution in [0, 0.1) is 0 Å². The summed E-state index contributed by atoms with van der Waals surface area (Å²) in [6.45, 7) is 2.82. The molecule has 0 aliphatic heterocycles. The number of nitrogens with one attached hydrogen (secondary N) is 1. The third kappa shape index (κ3) is 3.01. The Morgan fingerprint density at radius 2 is 1.71 bits per heavy atom. The van der Waals surface area contributed by atoms with Crippen LogP contribution in [0.1, 0.15) is 46.0 Å². The number of hydrogen-bond donors (Lipinski definition) is 1. The molecule has 4 nitrogen and oxygen atoms in total. The molecular weight excluding hydrogens is 182 g/mol. The normalized spacial score (nSPS) is 19.9. The van der Waals surface area contributed by atoms with E-state index in [9.17, 15) is 9.59 Å². The Bertz CT molecular complexity index is 214. The minimum atomic E-state index is -0.726. The Kier molecular flexibility index (Phi) is 3.49. The predicted octanol–water partition coefficient (Wildman–Crippen LogP) is 1.35. The molecule has 14 heavy (non-hydrogen) atoms. The summed E-state index contributed by atoms with van der Waals surface area (Å²) in [4.78, 5) is 21.9. The Balaban J connectivity index is 2.66. The molecular formula is C10H17NO3. The SMILES string of the molecule is CC(=O)NC1(OC(C)=O)CCCCC1. The molecule has 0 heterocycles. The molecule has 0 saturated heterocycles. The van der Waals surface area contributed by atoms with E-state index in [2.05, 4.69) is 5.32 Å². The molecule has 1 N–H and O–H groups in total. The van der Waals surface area contributed by atoms with Crippen LogP contribution in [0.4, 0.5) is 0 Å². The minimum absolute atomic E-state index is 0.145. The third-order valence-corrected chi connectivity index (χ3v) is 2.40. The highest BCUT2D eigenvalue weighted by Gasteiger charge is 2.35. The number of esters is 1. The number of ether oxygens (including phenoxy) is 1. The van der Waals surface area contributed by atoms with Gasteiger partial charge in [0, 0.05) is 26.7 Å². The summed E-state index contributed by atoms with van der Waals surface area (Å²) in [5.74, 6) is -0.478. The van der Waals surface area contributed by atoms with Gasteiger partial charge in [-0.05, 0) is 12.8 Å². The summed E-state index contributed by atoms with van der Waals surface area (Å²) in [5, 5.41) is 2.74. The first-order valence-corrected chi connectivity index (χ1v) is 5.02. The monoisotopic (exact) mass is 199 g/mol. The van der Waals surface area contributed by atoms with Gasteiger partial charge >= 0.3 is 5.97 Å². The van der Waals surface area contributed by atoms with Crippen LogP contribution in [0.25, 0.3) is 0 Å². The molecule has 1 aliphatic carbocycles. The van der Waals surface area contributed by atoms with Gasteiger partial charge in [0.15, 0.2) is 5.72 Å². The summed E-state index contributed by atoms with van der Waals surface area (Å²) in [6, 6.07) is 0. The van der Waals surface area contributed by atoms with Crippen molar-refractivity contribution in [3.8, 4) is 0 Å². The van der Waals surface area contributed by atoms with E-state index in [0.717, 1.165) is 32.1 Å². The molecule has 0 radical (unpaired) electrons. The predicted molar refractivity (Wildman–Crippen MR) is 51.4 cm³/mol. The highest BCUT2D eigenvalue weighted by Crippen LogP contribution is 2.29. The van der Waals surface area contributed by atoms with Gasteiger partial charge in [0.05, 0.1) is 0 Å². The van der Waals surface area contributed by atoms with Crippen molar-refractivity contribution >= 4 is 11.9 Å². The maximum Gasteiger partial charge on any atom is 0.304 e. The molecule has 4 heteroatoms. The fourth-order valence-electron chi connectivity index (χ4n) is 1.97. The first-order chi connectivity index (χ1) is 6.54. The molecule has 0 aromatic heterocycles. The van der Waals surface area contributed by atoms with Crippen molar-refractivity contribution in [2.75, 3.05) is 0 Å². The lowest BCUT2D eigenvalue weighted by atomic mass is 9.91. The summed E-state index contributed by atoms with van der Waals surface area (Å²) < 4.78 is 5.22. The van der Waals surface area contributed by atoms with E-state index >= 15 is 0 Å². The summed E-state index contributed by atoms with van der Waals surface area (Å²) in [5.41, 5.74) is -0.726. The average Bonchev–Trinajstić information content (AvgIpc) is 2.01. The van der Waals surface area contributed by atoms with Crippen LogP contribution in [0.2, 0.25) is 0 Å². The maximum atomic E-state index is 11.0. The van der Waals surface area contributed by atoms with Crippen molar-refractivity contribution in [3.63, 3.8) is 0 Å². The number of carbonyl (C=O) groups is 2. The van der Waals surface area contributed by atoms with Crippen LogP contribution < -0.4 is 5.32 Å². The molecule has 80 valence electrons. The molecule has 0 atom stereocenters. The van der Waals surface area contributed by atoms with Crippen LogP contribution >= 0.6 is 0 Å². The van der Waals surface area contributed by atoms with Crippen molar-refractivity contribution in [1.82, 2.24) is 5.32 Å². The van der Waals surface area contributed by atoms with Crippen molar-refractivity contribution in [2.24, 2.45) is 0 Å². The zero-order chi connectivity index (χ0) is 10.6. The molecule has 0 unspecified atom stereocenters. The molecule has 1 aliphatic rings. The molecule has 1 rings (SSSR count). The standard InChI is InChI=1S/C10H17NO3/c1-8(12)11-10(14-9(2)13)6-4-3-5-7-10/h3-7H2,1-2H3,(H,11,12). The van der Waals surface area contributed by atoms with Crippen LogP contribution in [0.3, 0.4) is 0 Å². The van der Waals surface area contributed by atoms with Gasteiger partial charge in [-0.25, -0.2) is 0 Å². The second-order valence-electron chi connectivity index (χ2n) is 3.83. The lowest BCUT2D eigenvalue weighted by Gasteiger charge is -2.36. The quantitative estimate of drug-likeness (QED) is 0.539. The van der Waals surface area contributed by atoms with Gasteiger partial charge in [0.2, 0.25) is 5.91 Å². The Morgan fingerprint density at radius 1 is 1.14 bits per heavy atom. The Hall–Kier alpha value is -1.06. The fraction of sp³-hybridized carbons (Fsp3) is 0.800. The second kappa shape index (κ2) is 4.44. The van der Waals surface area contributed by atoms with Crippen molar-refractivity contribution in [2.45, 2.75) is 51.7 Å². The van der Waals surface area contributed by atoms with E-state index < -0.39 is 5.72 Å². The van der Waals surface area contributed by atoms with Gasteiger partial charge in [0.25, 0.3) is 0 Å². The van der Waals surface area contributed by atoms with Gasteiger partial charge in [-0.2, -0.15) is 0 Å². The zero-order valence-electron chi connectivity index (χ0n) is 8.76. The molecule has 0 aromatic rings. The molecule has 0 spiro atoms. The summed E-state index contributed by atoms with van der Waals surface area (Å²) in [6.07, 6.45) is 4.59. The van der Waals surface area contributed by atoms with Gasteiger partial charge < -0.3 is 10.1 Å². The number of rotatable bonds is 2. The number of carbonyl (C=O) groups excluding carboxylic acids is 2. The average molecular weight is 199 g/mol. The van der Waals surface area contributed by atoms with Gasteiger partial charge in [-0.15, -0.1) is 0 Å². The van der Waals surface area contributed by atoms with Crippen LogP contribution in [0.15, 0.2) is 0 Å². The van der Waals surface area contributed by atoms with E-state index in [1.165, 1.54) is 13.8 Å². The highest BCUT2D eigenvalue weighted by atomic mass is 16.6.